The highest BCUT2D eigenvalue weighted by molar-refractivity contribution is 5.27. The molecule has 3 heteroatoms. The number of ether oxygens (including phenoxy) is 1. The molecule has 0 atom stereocenters. The third kappa shape index (κ3) is 6.66. The van der Waals surface area contributed by atoms with Crippen molar-refractivity contribution in [3.05, 3.63) is 96.1 Å². The first-order chi connectivity index (χ1) is 16.5. The van der Waals surface area contributed by atoms with Gasteiger partial charge in [0.2, 0.25) is 0 Å². The molecule has 0 aromatic heterocycles. The van der Waals surface area contributed by atoms with Gasteiger partial charge < -0.3 is 4.74 Å². The summed E-state index contributed by atoms with van der Waals surface area (Å²) >= 11 is 0. The average molecular weight is 465 g/mol. The summed E-state index contributed by atoms with van der Waals surface area (Å²) in [6.07, 6.45) is 9.86. The molecule has 2 aromatic carbocycles. The third-order valence-corrected chi connectivity index (χ3v) is 7.97. The highest BCUT2D eigenvalue weighted by Crippen LogP contribution is 2.37. The molecule has 0 bridgehead atoms. The van der Waals surface area contributed by atoms with E-state index in [2.05, 4.69) is 37.4 Å². The minimum atomic E-state index is -3.19. The van der Waals surface area contributed by atoms with Gasteiger partial charge in [-0.25, -0.2) is 0 Å². The van der Waals surface area contributed by atoms with Gasteiger partial charge in [0.05, 0.1) is 13.0 Å². The Balaban J connectivity index is 1.25. The van der Waals surface area contributed by atoms with E-state index in [1.165, 1.54) is 49.7 Å². The van der Waals surface area contributed by atoms with E-state index in [0.29, 0.717) is 29.2 Å². The Morgan fingerprint density at radius 3 is 1.50 bits per heavy atom. The Morgan fingerprint density at radius 1 is 0.676 bits per heavy atom. The lowest BCUT2D eigenvalue weighted by Crippen LogP contribution is -2.23. The topological polar surface area (TPSA) is 9.23 Å². The molecule has 0 spiro atoms. The van der Waals surface area contributed by atoms with Crippen LogP contribution in [0.15, 0.2) is 73.8 Å². The Hall–Kier alpha value is -2.26. The van der Waals surface area contributed by atoms with E-state index in [1.807, 2.05) is 36.4 Å². The van der Waals surface area contributed by atoms with Gasteiger partial charge >= 0.3 is 6.11 Å². The van der Waals surface area contributed by atoms with Crippen LogP contribution in [-0.4, -0.2) is 6.11 Å². The highest BCUT2D eigenvalue weighted by atomic mass is 19.3. The van der Waals surface area contributed by atoms with Gasteiger partial charge in [-0.05, 0) is 97.3 Å². The molecule has 2 aromatic rings. The van der Waals surface area contributed by atoms with E-state index in [-0.39, 0.29) is 6.61 Å². The maximum atomic E-state index is 14.5. The van der Waals surface area contributed by atoms with Gasteiger partial charge in [-0.1, -0.05) is 60.7 Å². The van der Waals surface area contributed by atoms with Crippen molar-refractivity contribution >= 4 is 0 Å². The van der Waals surface area contributed by atoms with Crippen molar-refractivity contribution in [2.75, 3.05) is 0 Å². The Morgan fingerprint density at radius 2 is 1.09 bits per heavy atom. The number of rotatable bonds is 9. The Bertz CT molecular complexity index is 915. The maximum Gasteiger partial charge on any atom is 0.360 e. The summed E-state index contributed by atoms with van der Waals surface area (Å²) < 4.78 is 34.1. The molecule has 4 rings (SSSR count). The van der Waals surface area contributed by atoms with E-state index in [1.54, 1.807) is 0 Å². The summed E-state index contributed by atoms with van der Waals surface area (Å²) in [5.74, 6) is 2.36. The molecule has 0 saturated heterocycles. The molecular formula is C31H38F2O. The summed E-state index contributed by atoms with van der Waals surface area (Å²) in [6.45, 7) is 7.73. The molecule has 0 amide bonds. The molecule has 0 N–H and O–H groups in total. The quantitative estimate of drug-likeness (QED) is 0.337. The lowest BCUT2D eigenvalue weighted by molar-refractivity contribution is -0.244. The van der Waals surface area contributed by atoms with Gasteiger partial charge in [0.1, 0.15) is 0 Å². The van der Waals surface area contributed by atoms with E-state index >= 15 is 0 Å². The molecule has 0 heterocycles. The van der Waals surface area contributed by atoms with Crippen LogP contribution in [0, 0.1) is 11.8 Å². The molecular weight excluding hydrogens is 426 g/mol. The lowest BCUT2D eigenvalue weighted by atomic mass is 9.78. The van der Waals surface area contributed by atoms with E-state index in [0.717, 1.165) is 18.4 Å². The Kier molecular flexibility index (Phi) is 8.37. The lowest BCUT2D eigenvalue weighted by Gasteiger charge is -2.27. The van der Waals surface area contributed by atoms with Crippen molar-refractivity contribution in [2.45, 2.75) is 82.3 Å². The molecule has 0 radical (unpaired) electrons. The van der Waals surface area contributed by atoms with Crippen molar-refractivity contribution in [2.24, 2.45) is 11.8 Å². The van der Waals surface area contributed by atoms with Crippen LogP contribution in [0.4, 0.5) is 8.78 Å². The summed E-state index contributed by atoms with van der Waals surface area (Å²) in [4.78, 5) is 0. The summed E-state index contributed by atoms with van der Waals surface area (Å²) in [5, 5.41) is 0. The first-order valence-electron chi connectivity index (χ1n) is 12.9. The predicted molar refractivity (Wildman–Crippen MR) is 136 cm³/mol. The molecule has 2 fully saturated rings. The number of hydrogen-bond donors (Lipinski definition) is 0. The van der Waals surface area contributed by atoms with Crippen LogP contribution in [0.5, 0.6) is 0 Å². The monoisotopic (exact) mass is 464 g/mol. The fourth-order valence-corrected chi connectivity index (χ4v) is 5.65. The maximum absolute atomic E-state index is 14.5. The fraction of sp³-hybridized carbons (Fsp3) is 0.484. The normalized spacial score (nSPS) is 25.6. The second-order valence-corrected chi connectivity index (χ2v) is 10.3. The zero-order chi connectivity index (χ0) is 24.0. The minimum absolute atomic E-state index is 0.0822. The molecule has 2 aliphatic rings. The SMILES string of the molecule is C=CC1CCC(c2ccc(COC(F)(F)Cc3ccc(C4CCC(C=C)CC4)cc3)cc2)CC1. The van der Waals surface area contributed by atoms with E-state index in [9.17, 15) is 8.78 Å². The predicted octanol–water partition coefficient (Wildman–Crippen LogP) is 8.96. The molecule has 34 heavy (non-hydrogen) atoms. The van der Waals surface area contributed by atoms with Crippen LogP contribution in [0.1, 0.15) is 85.5 Å². The smallest absolute Gasteiger partial charge is 0.315 e. The van der Waals surface area contributed by atoms with Crippen molar-refractivity contribution < 1.29 is 13.5 Å². The van der Waals surface area contributed by atoms with Crippen molar-refractivity contribution in [1.82, 2.24) is 0 Å². The molecule has 2 aliphatic carbocycles. The van der Waals surface area contributed by atoms with Crippen LogP contribution in [0.3, 0.4) is 0 Å². The number of benzene rings is 2. The van der Waals surface area contributed by atoms with E-state index in [4.69, 9.17) is 4.74 Å². The number of hydrogen-bond acceptors (Lipinski definition) is 1. The molecule has 1 nitrogen and oxygen atoms in total. The van der Waals surface area contributed by atoms with E-state index < -0.39 is 12.5 Å². The van der Waals surface area contributed by atoms with Gasteiger partial charge in [0.25, 0.3) is 0 Å². The van der Waals surface area contributed by atoms with Gasteiger partial charge in [-0.3, -0.25) is 0 Å². The zero-order valence-corrected chi connectivity index (χ0v) is 20.2. The van der Waals surface area contributed by atoms with Crippen molar-refractivity contribution in [3.63, 3.8) is 0 Å². The molecule has 182 valence electrons. The first-order valence-corrected chi connectivity index (χ1v) is 12.9. The summed E-state index contributed by atoms with van der Waals surface area (Å²) in [6, 6.07) is 15.7. The fourth-order valence-electron chi connectivity index (χ4n) is 5.65. The second-order valence-electron chi connectivity index (χ2n) is 10.3. The van der Waals surface area contributed by atoms with Crippen LogP contribution in [0.25, 0.3) is 0 Å². The van der Waals surface area contributed by atoms with Crippen LogP contribution in [0.2, 0.25) is 0 Å². The highest BCUT2D eigenvalue weighted by Gasteiger charge is 2.31. The third-order valence-electron chi connectivity index (χ3n) is 7.97. The largest absolute Gasteiger partial charge is 0.360 e. The number of allylic oxidation sites excluding steroid dienone is 2. The van der Waals surface area contributed by atoms with Gasteiger partial charge in [0.15, 0.2) is 0 Å². The van der Waals surface area contributed by atoms with Crippen molar-refractivity contribution in [1.29, 1.82) is 0 Å². The molecule has 2 saturated carbocycles. The summed E-state index contributed by atoms with van der Waals surface area (Å²) in [5.41, 5.74) is 3.96. The zero-order valence-electron chi connectivity index (χ0n) is 20.2. The van der Waals surface area contributed by atoms with Crippen molar-refractivity contribution in [3.8, 4) is 0 Å². The average Bonchev–Trinajstić information content (AvgIpc) is 2.88. The second kappa shape index (κ2) is 11.4. The molecule has 0 aliphatic heterocycles. The summed E-state index contributed by atoms with van der Waals surface area (Å²) in [7, 11) is 0. The standard InChI is InChI=1S/C31H38F2O/c1-3-23-5-13-27(14-6-23)29-17-9-25(10-18-29)21-31(32,33)34-22-26-11-19-30(20-12-26)28-15-7-24(4-2)8-16-28/h3-4,9-12,17-20,23-24,27-28H,1-2,5-8,13-16,21-22H2. The first kappa shape index (κ1) is 24.9. The van der Waals surface area contributed by atoms with Gasteiger partial charge in [-0.15, -0.1) is 13.2 Å². The van der Waals surface area contributed by atoms with Gasteiger partial charge in [0, 0.05) is 0 Å². The Labute approximate surface area is 203 Å². The van der Waals surface area contributed by atoms with Crippen LogP contribution >= 0.6 is 0 Å². The van der Waals surface area contributed by atoms with Crippen LogP contribution < -0.4 is 0 Å². The number of halogens is 2. The van der Waals surface area contributed by atoms with Crippen LogP contribution in [-0.2, 0) is 17.8 Å². The number of alkyl halides is 2. The minimum Gasteiger partial charge on any atom is -0.315 e. The van der Waals surface area contributed by atoms with Gasteiger partial charge in [-0.2, -0.15) is 8.78 Å². The molecule has 0 unspecified atom stereocenters.